The van der Waals surface area contributed by atoms with Crippen LogP contribution in [0.1, 0.15) is 41.7 Å². The lowest BCUT2D eigenvalue weighted by Crippen LogP contribution is -2.56. The van der Waals surface area contributed by atoms with Gasteiger partial charge in [-0.1, -0.05) is 0 Å². The molecule has 0 bridgehead atoms. The maximum absolute atomic E-state index is 12.7. The molecule has 0 saturated carbocycles. The first-order chi connectivity index (χ1) is 10.7. The van der Waals surface area contributed by atoms with Crippen LogP contribution in [-0.2, 0) is 9.47 Å². The average Bonchev–Trinajstić information content (AvgIpc) is 2.56. The zero-order valence-electron chi connectivity index (χ0n) is 13.4. The summed E-state index contributed by atoms with van der Waals surface area (Å²) in [7, 11) is 1.76. The summed E-state index contributed by atoms with van der Waals surface area (Å²) in [6.07, 6.45) is 5.66. The highest BCUT2D eigenvalue weighted by molar-refractivity contribution is 5.95. The SMILES string of the molecule is CO[C@H]1CCCOC12CCN(C(=O)c1cccnc1C)CC2. The Labute approximate surface area is 131 Å². The van der Waals surface area contributed by atoms with Gasteiger partial charge in [-0.05, 0) is 44.7 Å². The second-order valence-corrected chi connectivity index (χ2v) is 6.21. The van der Waals surface area contributed by atoms with Crippen molar-refractivity contribution < 1.29 is 14.3 Å². The summed E-state index contributed by atoms with van der Waals surface area (Å²) in [5.41, 5.74) is 1.29. The fraction of sp³-hybridized carbons (Fsp3) is 0.647. The van der Waals surface area contributed by atoms with E-state index in [-0.39, 0.29) is 17.6 Å². The summed E-state index contributed by atoms with van der Waals surface area (Å²) < 4.78 is 11.7. The van der Waals surface area contributed by atoms with Crippen molar-refractivity contribution in [3.05, 3.63) is 29.6 Å². The highest BCUT2D eigenvalue weighted by Gasteiger charge is 2.45. The molecule has 3 heterocycles. The van der Waals surface area contributed by atoms with Crippen LogP contribution in [0.15, 0.2) is 18.3 Å². The zero-order valence-corrected chi connectivity index (χ0v) is 13.4. The van der Waals surface area contributed by atoms with Crippen LogP contribution in [0.3, 0.4) is 0 Å². The molecule has 2 aliphatic heterocycles. The van der Waals surface area contributed by atoms with Gasteiger partial charge in [-0.25, -0.2) is 0 Å². The van der Waals surface area contributed by atoms with Crippen molar-refractivity contribution in [1.82, 2.24) is 9.88 Å². The van der Waals surface area contributed by atoms with Crippen LogP contribution < -0.4 is 0 Å². The Morgan fingerprint density at radius 1 is 1.45 bits per heavy atom. The van der Waals surface area contributed by atoms with Crippen LogP contribution in [-0.4, -0.2) is 54.3 Å². The molecule has 5 heteroatoms. The van der Waals surface area contributed by atoms with E-state index in [2.05, 4.69) is 4.98 Å². The van der Waals surface area contributed by atoms with E-state index in [4.69, 9.17) is 9.47 Å². The zero-order chi connectivity index (χ0) is 15.6. The Bertz CT molecular complexity index is 538. The topological polar surface area (TPSA) is 51.7 Å². The second-order valence-electron chi connectivity index (χ2n) is 6.21. The normalized spacial score (nSPS) is 24.5. The van der Waals surface area contributed by atoms with Gasteiger partial charge in [0.05, 0.1) is 17.3 Å². The molecule has 22 heavy (non-hydrogen) atoms. The van der Waals surface area contributed by atoms with Crippen LogP contribution in [0.5, 0.6) is 0 Å². The molecule has 3 rings (SSSR count). The van der Waals surface area contributed by atoms with Crippen LogP contribution in [0.4, 0.5) is 0 Å². The number of aromatic nitrogens is 1. The molecule has 1 atom stereocenters. The lowest BCUT2D eigenvalue weighted by atomic mass is 9.81. The lowest BCUT2D eigenvalue weighted by Gasteiger charge is -2.48. The molecule has 0 radical (unpaired) electrons. The molecule has 1 spiro atoms. The van der Waals surface area contributed by atoms with Gasteiger partial charge in [-0.3, -0.25) is 9.78 Å². The quantitative estimate of drug-likeness (QED) is 0.840. The summed E-state index contributed by atoms with van der Waals surface area (Å²) >= 11 is 0. The van der Waals surface area contributed by atoms with E-state index in [9.17, 15) is 4.79 Å². The van der Waals surface area contributed by atoms with Crippen molar-refractivity contribution in [2.75, 3.05) is 26.8 Å². The Morgan fingerprint density at radius 2 is 2.23 bits per heavy atom. The summed E-state index contributed by atoms with van der Waals surface area (Å²) in [5.74, 6) is 0.0743. The number of hydrogen-bond donors (Lipinski definition) is 0. The molecule has 1 aromatic heterocycles. The van der Waals surface area contributed by atoms with Crippen molar-refractivity contribution in [2.24, 2.45) is 0 Å². The Balaban J connectivity index is 1.69. The number of piperidine rings is 1. The molecule has 2 aliphatic rings. The summed E-state index contributed by atoms with van der Waals surface area (Å²) in [5, 5.41) is 0. The van der Waals surface area contributed by atoms with Gasteiger partial charge in [0.15, 0.2) is 0 Å². The number of aryl methyl sites for hydroxylation is 1. The summed E-state index contributed by atoms with van der Waals surface area (Å²) in [6, 6.07) is 3.67. The molecule has 0 unspecified atom stereocenters. The number of rotatable bonds is 2. The van der Waals surface area contributed by atoms with Crippen molar-refractivity contribution >= 4 is 5.91 Å². The smallest absolute Gasteiger partial charge is 0.255 e. The highest BCUT2D eigenvalue weighted by Crippen LogP contribution is 2.37. The Kier molecular flexibility index (Phi) is 4.45. The largest absolute Gasteiger partial charge is 0.378 e. The maximum Gasteiger partial charge on any atom is 0.255 e. The number of ether oxygens (including phenoxy) is 2. The third-order valence-electron chi connectivity index (χ3n) is 5.01. The molecule has 1 amide bonds. The van der Waals surface area contributed by atoms with E-state index in [1.165, 1.54) is 0 Å². The van der Waals surface area contributed by atoms with Gasteiger partial charge in [-0.2, -0.15) is 0 Å². The molecule has 120 valence electrons. The molecule has 5 nitrogen and oxygen atoms in total. The minimum atomic E-state index is -0.201. The first-order valence-corrected chi connectivity index (χ1v) is 8.04. The van der Waals surface area contributed by atoms with Gasteiger partial charge in [0.2, 0.25) is 0 Å². The molecule has 0 N–H and O–H groups in total. The van der Waals surface area contributed by atoms with E-state index in [1.54, 1.807) is 13.3 Å². The molecule has 2 saturated heterocycles. The van der Waals surface area contributed by atoms with Gasteiger partial charge < -0.3 is 14.4 Å². The predicted molar refractivity (Wildman–Crippen MR) is 82.8 cm³/mol. The van der Waals surface area contributed by atoms with E-state index >= 15 is 0 Å². The summed E-state index contributed by atoms with van der Waals surface area (Å²) in [4.78, 5) is 18.8. The lowest BCUT2D eigenvalue weighted by molar-refractivity contribution is -0.183. The fourth-order valence-corrected chi connectivity index (χ4v) is 3.67. The Hall–Kier alpha value is -1.46. The monoisotopic (exact) mass is 304 g/mol. The van der Waals surface area contributed by atoms with E-state index in [0.29, 0.717) is 18.7 Å². The van der Waals surface area contributed by atoms with Gasteiger partial charge in [0.25, 0.3) is 5.91 Å². The maximum atomic E-state index is 12.7. The third kappa shape index (κ3) is 2.75. The number of carbonyl (C=O) groups excluding carboxylic acids is 1. The molecular weight excluding hydrogens is 280 g/mol. The van der Waals surface area contributed by atoms with Crippen LogP contribution in [0.25, 0.3) is 0 Å². The first kappa shape index (κ1) is 15.4. The van der Waals surface area contributed by atoms with Crippen LogP contribution >= 0.6 is 0 Å². The number of nitrogens with zero attached hydrogens (tertiary/aromatic N) is 2. The fourth-order valence-electron chi connectivity index (χ4n) is 3.67. The first-order valence-electron chi connectivity index (χ1n) is 8.04. The number of likely N-dealkylation sites (tertiary alicyclic amines) is 1. The predicted octanol–water partition coefficient (Wildman–Crippen LogP) is 2.19. The average molecular weight is 304 g/mol. The van der Waals surface area contributed by atoms with Crippen LogP contribution in [0, 0.1) is 6.92 Å². The highest BCUT2D eigenvalue weighted by atomic mass is 16.5. The van der Waals surface area contributed by atoms with Crippen molar-refractivity contribution in [2.45, 2.75) is 44.3 Å². The number of carbonyl (C=O) groups is 1. The van der Waals surface area contributed by atoms with Crippen molar-refractivity contribution in [3.63, 3.8) is 0 Å². The number of methoxy groups -OCH3 is 1. The van der Waals surface area contributed by atoms with E-state index in [1.807, 2.05) is 24.0 Å². The minimum absolute atomic E-state index is 0.0743. The third-order valence-corrected chi connectivity index (χ3v) is 5.01. The molecular formula is C17H24N2O3. The molecule has 0 aromatic carbocycles. The molecule has 1 aromatic rings. The van der Waals surface area contributed by atoms with Crippen LogP contribution in [0.2, 0.25) is 0 Å². The number of pyridine rings is 1. The molecule has 0 aliphatic carbocycles. The van der Waals surface area contributed by atoms with Crippen molar-refractivity contribution in [3.8, 4) is 0 Å². The standard InChI is InChI=1S/C17H24N2O3/c1-13-14(5-3-9-18-13)16(20)19-10-7-17(8-11-19)15(21-2)6-4-12-22-17/h3,5,9,15H,4,6-8,10-12H2,1-2H3/t15-/m0/s1. The van der Waals surface area contributed by atoms with Gasteiger partial charge in [-0.15, -0.1) is 0 Å². The number of amides is 1. The second kappa shape index (κ2) is 6.34. The summed E-state index contributed by atoms with van der Waals surface area (Å²) in [6.45, 7) is 4.11. The minimum Gasteiger partial charge on any atom is -0.378 e. The van der Waals surface area contributed by atoms with Gasteiger partial charge >= 0.3 is 0 Å². The van der Waals surface area contributed by atoms with E-state index in [0.717, 1.165) is 38.0 Å². The Morgan fingerprint density at radius 3 is 2.91 bits per heavy atom. The van der Waals surface area contributed by atoms with Gasteiger partial charge in [0, 0.05) is 38.7 Å². The van der Waals surface area contributed by atoms with Crippen molar-refractivity contribution in [1.29, 1.82) is 0 Å². The van der Waals surface area contributed by atoms with E-state index < -0.39 is 0 Å². The molecule has 2 fully saturated rings. The number of hydrogen-bond acceptors (Lipinski definition) is 4. The van der Waals surface area contributed by atoms with Gasteiger partial charge in [0.1, 0.15) is 0 Å².